The lowest BCUT2D eigenvalue weighted by atomic mass is 10.1. The molecular weight excluding hydrogens is 408 g/mol. The topological polar surface area (TPSA) is 142 Å². The molecule has 0 saturated heterocycles. The number of aromatic carboxylic acids is 1. The normalized spacial score (nSPS) is 12.8. The fourth-order valence-corrected chi connectivity index (χ4v) is 4.18. The molecule has 0 bridgehead atoms. The van der Waals surface area contributed by atoms with E-state index in [1.165, 1.54) is 0 Å². The zero-order chi connectivity index (χ0) is 20.5. The van der Waals surface area contributed by atoms with Gasteiger partial charge in [0.1, 0.15) is 0 Å². The van der Waals surface area contributed by atoms with Gasteiger partial charge < -0.3 is 24.8 Å². The molecule has 0 unspecified atom stereocenters. The number of carboxylic acid groups (broad SMARTS) is 2. The summed E-state index contributed by atoms with van der Waals surface area (Å²) >= 11 is 5.70. The van der Waals surface area contributed by atoms with Crippen molar-refractivity contribution in [1.82, 2.24) is 9.71 Å². The van der Waals surface area contributed by atoms with Crippen molar-refractivity contribution in [3.63, 3.8) is 0 Å². The Balaban J connectivity index is 1.91. The SMILES string of the molecule is O=C([O-])c1cc(S(=O)(=O)N[C@H](Cc2c[nH]c3ccccc23)C(=O)[O-])ccc1Cl. The number of halogens is 1. The molecule has 3 rings (SSSR count). The van der Waals surface area contributed by atoms with Crippen LogP contribution in [0.2, 0.25) is 5.02 Å². The summed E-state index contributed by atoms with van der Waals surface area (Å²) in [6, 6.07) is 8.51. The number of aromatic amines is 1. The Labute approximate surface area is 164 Å². The van der Waals surface area contributed by atoms with Crippen LogP contribution < -0.4 is 14.9 Å². The smallest absolute Gasteiger partial charge is 0.241 e. The molecule has 1 heterocycles. The van der Waals surface area contributed by atoms with Gasteiger partial charge in [-0.25, -0.2) is 13.1 Å². The lowest BCUT2D eigenvalue weighted by Crippen LogP contribution is -2.49. The lowest BCUT2D eigenvalue weighted by molar-refractivity contribution is -0.308. The molecule has 0 aliphatic rings. The zero-order valence-electron chi connectivity index (χ0n) is 14.1. The minimum Gasteiger partial charge on any atom is -0.548 e. The van der Waals surface area contributed by atoms with Gasteiger partial charge in [0.2, 0.25) is 10.0 Å². The van der Waals surface area contributed by atoms with E-state index in [0.717, 1.165) is 29.1 Å². The Morgan fingerprint density at radius 3 is 2.54 bits per heavy atom. The molecule has 0 amide bonds. The fourth-order valence-electron chi connectivity index (χ4n) is 2.78. The molecule has 1 aromatic heterocycles. The number of hydrogen-bond donors (Lipinski definition) is 2. The average molecular weight is 421 g/mol. The van der Waals surface area contributed by atoms with E-state index in [9.17, 15) is 28.2 Å². The van der Waals surface area contributed by atoms with Gasteiger partial charge in [-0.2, -0.15) is 0 Å². The van der Waals surface area contributed by atoms with Crippen LogP contribution in [0.25, 0.3) is 10.9 Å². The first kappa shape index (κ1) is 19.9. The molecule has 8 nitrogen and oxygen atoms in total. The predicted molar refractivity (Wildman–Crippen MR) is 96.9 cm³/mol. The second kappa shape index (κ2) is 7.63. The largest absolute Gasteiger partial charge is 0.548 e. The van der Waals surface area contributed by atoms with Crippen LogP contribution in [0.1, 0.15) is 15.9 Å². The molecule has 3 aromatic rings. The van der Waals surface area contributed by atoms with Gasteiger partial charge in [0, 0.05) is 27.7 Å². The first-order chi connectivity index (χ1) is 13.2. The van der Waals surface area contributed by atoms with Gasteiger partial charge in [-0.05, 0) is 36.2 Å². The van der Waals surface area contributed by atoms with Crippen molar-refractivity contribution in [3.8, 4) is 0 Å². The maximum absolute atomic E-state index is 12.6. The first-order valence-electron chi connectivity index (χ1n) is 7.98. The molecule has 0 saturated carbocycles. The van der Waals surface area contributed by atoms with Crippen molar-refractivity contribution in [1.29, 1.82) is 0 Å². The summed E-state index contributed by atoms with van der Waals surface area (Å²) in [7, 11) is -4.36. The van der Waals surface area contributed by atoms with Crippen LogP contribution in [0.5, 0.6) is 0 Å². The molecule has 0 aliphatic heterocycles. The van der Waals surface area contributed by atoms with E-state index in [2.05, 4.69) is 4.98 Å². The van der Waals surface area contributed by atoms with Crippen molar-refractivity contribution in [2.45, 2.75) is 17.4 Å². The maximum atomic E-state index is 12.6. The summed E-state index contributed by atoms with van der Waals surface area (Å²) in [5, 5.41) is 23.1. The molecule has 2 aromatic carbocycles. The quantitative estimate of drug-likeness (QED) is 0.543. The highest BCUT2D eigenvalue weighted by molar-refractivity contribution is 7.89. The summed E-state index contributed by atoms with van der Waals surface area (Å²) < 4.78 is 27.2. The molecule has 2 N–H and O–H groups in total. The number of carbonyl (C=O) groups excluding carboxylic acids is 2. The molecular formula is C18H13ClN2O6S-2. The van der Waals surface area contributed by atoms with Crippen LogP contribution in [0, 0.1) is 0 Å². The number of hydrogen-bond acceptors (Lipinski definition) is 6. The van der Waals surface area contributed by atoms with Crippen molar-refractivity contribution in [2.24, 2.45) is 0 Å². The average Bonchev–Trinajstić information content (AvgIpc) is 3.04. The van der Waals surface area contributed by atoms with Crippen LogP contribution in [-0.2, 0) is 21.2 Å². The van der Waals surface area contributed by atoms with E-state index in [0.29, 0.717) is 5.56 Å². The maximum Gasteiger partial charge on any atom is 0.241 e. The summed E-state index contributed by atoms with van der Waals surface area (Å²) in [4.78, 5) is 25.1. The van der Waals surface area contributed by atoms with Gasteiger partial charge in [-0.15, -0.1) is 0 Å². The van der Waals surface area contributed by atoms with Gasteiger partial charge in [0.25, 0.3) is 0 Å². The van der Waals surface area contributed by atoms with E-state index in [-0.39, 0.29) is 11.4 Å². The second-order valence-corrected chi connectivity index (χ2v) is 8.11. The number of nitrogens with one attached hydrogen (secondary N) is 2. The molecule has 0 spiro atoms. The number of rotatable bonds is 7. The number of H-pyrrole nitrogens is 1. The van der Waals surface area contributed by atoms with E-state index < -0.39 is 38.5 Å². The van der Waals surface area contributed by atoms with E-state index in [4.69, 9.17) is 11.6 Å². The van der Waals surface area contributed by atoms with Crippen molar-refractivity contribution in [2.75, 3.05) is 0 Å². The summed E-state index contributed by atoms with van der Waals surface area (Å²) in [5.74, 6) is -3.28. The van der Waals surface area contributed by atoms with Crippen LogP contribution in [0.4, 0.5) is 0 Å². The minimum absolute atomic E-state index is 0.174. The third-order valence-electron chi connectivity index (χ3n) is 4.15. The van der Waals surface area contributed by atoms with Gasteiger partial charge in [0.15, 0.2) is 0 Å². The van der Waals surface area contributed by atoms with E-state index in [1.54, 1.807) is 30.5 Å². The van der Waals surface area contributed by atoms with Crippen LogP contribution in [-0.4, -0.2) is 31.4 Å². The van der Waals surface area contributed by atoms with Gasteiger partial charge in [-0.1, -0.05) is 29.8 Å². The van der Waals surface area contributed by atoms with Crippen molar-refractivity contribution >= 4 is 44.5 Å². The highest BCUT2D eigenvalue weighted by Gasteiger charge is 2.23. The monoisotopic (exact) mass is 420 g/mol. The van der Waals surface area contributed by atoms with E-state index in [1.807, 2.05) is 4.72 Å². The van der Waals surface area contributed by atoms with Crippen molar-refractivity contribution < 1.29 is 28.2 Å². The number of fused-ring (bicyclic) bond motifs is 1. The van der Waals surface area contributed by atoms with Crippen LogP contribution in [0.3, 0.4) is 0 Å². The molecule has 0 fully saturated rings. The Hall–Kier alpha value is -2.88. The number of carbonyl (C=O) groups is 2. The first-order valence-corrected chi connectivity index (χ1v) is 9.84. The lowest BCUT2D eigenvalue weighted by Gasteiger charge is -2.20. The van der Waals surface area contributed by atoms with Crippen LogP contribution in [0.15, 0.2) is 53.6 Å². The molecule has 1 atom stereocenters. The number of aromatic nitrogens is 1. The van der Waals surface area contributed by atoms with Crippen LogP contribution >= 0.6 is 11.6 Å². The zero-order valence-corrected chi connectivity index (χ0v) is 15.7. The Morgan fingerprint density at radius 1 is 1.14 bits per heavy atom. The number of carboxylic acids is 2. The van der Waals surface area contributed by atoms with E-state index >= 15 is 0 Å². The fraction of sp³-hybridized carbons (Fsp3) is 0.111. The molecule has 0 radical (unpaired) electrons. The molecule has 146 valence electrons. The Morgan fingerprint density at radius 2 is 1.86 bits per heavy atom. The van der Waals surface area contributed by atoms with Crippen molar-refractivity contribution in [3.05, 3.63) is 64.8 Å². The number of aliphatic carboxylic acids is 1. The minimum atomic E-state index is -4.36. The summed E-state index contributed by atoms with van der Waals surface area (Å²) in [5.41, 5.74) is 0.832. The third kappa shape index (κ3) is 4.01. The Kier molecular flexibility index (Phi) is 5.41. The predicted octanol–water partition coefficient (Wildman–Crippen LogP) is -0.176. The molecule has 28 heavy (non-hydrogen) atoms. The summed E-state index contributed by atoms with van der Waals surface area (Å²) in [6.07, 6.45) is 1.41. The number of para-hydroxylation sites is 1. The summed E-state index contributed by atoms with van der Waals surface area (Å²) in [6.45, 7) is 0. The number of benzene rings is 2. The molecule has 0 aliphatic carbocycles. The van der Waals surface area contributed by atoms with Gasteiger partial charge in [-0.3, -0.25) is 0 Å². The Bertz CT molecular complexity index is 1170. The highest BCUT2D eigenvalue weighted by Crippen LogP contribution is 2.22. The standard InChI is InChI=1S/C18H15ClN2O6S/c19-14-6-5-11(8-13(14)17(22)23)28(26,27)21-16(18(24)25)7-10-9-20-15-4-2-1-3-12(10)15/h1-6,8-9,16,20-21H,7H2,(H,22,23)(H,24,25)/p-2/t16-/m1/s1. The molecule has 10 heteroatoms. The highest BCUT2D eigenvalue weighted by atomic mass is 35.5. The van der Waals surface area contributed by atoms with Gasteiger partial charge >= 0.3 is 0 Å². The van der Waals surface area contributed by atoms with Gasteiger partial charge in [0.05, 0.1) is 22.9 Å². The second-order valence-electron chi connectivity index (χ2n) is 5.99. The number of sulfonamides is 1. The third-order valence-corrected chi connectivity index (χ3v) is 5.95.